The van der Waals surface area contributed by atoms with Crippen molar-refractivity contribution in [2.45, 2.75) is 46.1 Å². The molecule has 0 radical (unpaired) electrons. The molecular formula is C15H23NO3. The van der Waals surface area contributed by atoms with Crippen LogP contribution in [0.4, 0.5) is 0 Å². The molecule has 3 fully saturated rings. The van der Waals surface area contributed by atoms with Crippen LogP contribution in [-0.2, 0) is 9.59 Å². The Balaban J connectivity index is 1.65. The molecule has 1 amide bonds. The second-order valence-electron chi connectivity index (χ2n) is 7.66. The first-order valence-electron chi connectivity index (χ1n) is 7.34. The molecular weight excluding hydrogens is 242 g/mol. The number of aliphatic carboxylic acids is 1. The Morgan fingerprint density at radius 3 is 2.11 bits per heavy atom. The summed E-state index contributed by atoms with van der Waals surface area (Å²) in [5.41, 5.74) is -0.454. The molecule has 2 bridgehead atoms. The Bertz CT molecular complexity index is 410. The van der Waals surface area contributed by atoms with Gasteiger partial charge < -0.3 is 10.4 Å². The van der Waals surface area contributed by atoms with Crippen LogP contribution < -0.4 is 5.32 Å². The molecule has 3 saturated carbocycles. The molecule has 0 aromatic rings. The van der Waals surface area contributed by atoms with Crippen molar-refractivity contribution >= 4 is 11.9 Å². The molecule has 0 aliphatic heterocycles. The van der Waals surface area contributed by atoms with Crippen molar-refractivity contribution in [1.29, 1.82) is 0 Å². The summed E-state index contributed by atoms with van der Waals surface area (Å²) >= 11 is 0. The van der Waals surface area contributed by atoms with Crippen molar-refractivity contribution < 1.29 is 14.7 Å². The van der Waals surface area contributed by atoms with Gasteiger partial charge in [-0.25, -0.2) is 4.79 Å². The highest BCUT2D eigenvalue weighted by Gasteiger charge is 2.67. The van der Waals surface area contributed by atoms with Crippen LogP contribution in [0.2, 0.25) is 0 Å². The Morgan fingerprint density at radius 1 is 1.16 bits per heavy atom. The molecule has 3 aliphatic carbocycles. The van der Waals surface area contributed by atoms with Crippen molar-refractivity contribution in [3.63, 3.8) is 0 Å². The Kier molecular flexibility index (Phi) is 2.70. The summed E-state index contributed by atoms with van der Waals surface area (Å²) in [7, 11) is 0. The molecule has 5 atom stereocenters. The first-order chi connectivity index (χ1) is 8.80. The van der Waals surface area contributed by atoms with E-state index in [1.165, 1.54) is 19.3 Å². The van der Waals surface area contributed by atoms with Gasteiger partial charge in [0, 0.05) is 5.92 Å². The number of hydrogen-bond donors (Lipinski definition) is 2. The molecule has 0 spiro atoms. The summed E-state index contributed by atoms with van der Waals surface area (Å²) in [5.74, 6) is 1.76. The van der Waals surface area contributed by atoms with E-state index in [1.54, 1.807) is 0 Å². The summed E-state index contributed by atoms with van der Waals surface area (Å²) in [6.45, 7) is 5.55. The van der Waals surface area contributed by atoms with Gasteiger partial charge in [0.15, 0.2) is 0 Å². The minimum Gasteiger partial charge on any atom is -0.480 e. The normalized spacial score (nSPS) is 40.7. The molecule has 19 heavy (non-hydrogen) atoms. The first-order valence-corrected chi connectivity index (χ1v) is 7.34. The lowest BCUT2D eigenvalue weighted by atomic mass is 9.86. The van der Waals surface area contributed by atoms with Gasteiger partial charge in [-0.05, 0) is 48.3 Å². The third-order valence-electron chi connectivity index (χ3n) is 5.44. The molecule has 4 unspecified atom stereocenters. The van der Waals surface area contributed by atoms with Crippen LogP contribution in [0.15, 0.2) is 0 Å². The van der Waals surface area contributed by atoms with E-state index in [-0.39, 0.29) is 11.8 Å². The van der Waals surface area contributed by atoms with Crippen LogP contribution in [0.5, 0.6) is 0 Å². The number of hydrogen-bond acceptors (Lipinski definition) is 2. The van der Waals surface area contributed by atoms with Crippen LogP contribution in [0.1, 0.15) is 40.0 Å². The lowest BCUT2D eigenvalue weighted by Gasteiger charge is -2.28. The van der Waals surface area contributed by atoms with E-state index in [1.807, 2.05) is 20.8 Å². The molecule has 4 heteroatoms. The smallest absolute Gasteiger partial charge is 0.326 e. The standard InChI is InChI=1S/C15H23NO3/c1-15(2,3)12(14(18)19)16-13(17)11-9-7-4-5-8(6-7)10(9)11/h7-12H,4-6H2,1-3H3,(H,16,17)(H,18,19)/t7?,8?,9?,10?,11?,12-/m0/s1. The third kappa shape index (κ3) is 1.96. The van der Waals surface area contributed by atoms with Gasteiger partial charge in [-0.15, -0.1) is 0 Å². The van der Waals surface area contributed by atoms with E-state index in [0.29, 0.717) is 11.8 Å². The zero-order chi connectivity index (χ0) is 13.9. The van der Waals surface area contributed by atoms with Crippen LogP contribution in [-0.4, -0.2) is 23.0 Å². The van der Waals surface area contributed by atoms with E-state index < -0.39 is 17.4 Å². The molecule has 0 heterocycles. The van der Waals surface area contributed by atoms with E-state index in [2.05, 4.69) is 5.32 Å². The molecule has 2 N–H and O–H groups in total. The van der Waals surface area contributed by atoms with Gasteiger partial charge in [0.2, 0.25) is 5.91 Å². The largest absolute Gasteiger partial charge is 0.480 e. The van der Waals surface area contributed by atoms with Gasteiger partial charge in [0.1, 0.15) is 6.04 Å². The second-order valence-corrected chi connectivity index (χ2v) is 7.66. The van der Waals surface area contributed by atoms with Gasteiger partial charge in [-0.2, -0.15) is 0 Å². The molecule has 3 rings (SSSR count). The summed E-state index contributed by atoms with van der Waals surface area (Å²) in [5, 5.41) is 12.0. The lowest BCUT2D eigenvalue weighted by molar-refractivity contribution is -0.145. The predicted octanol–water partition coefficient (Wildman–Crippen LogP) is 1.89. The quantitative estimate of drug-likeness (QED) is 0.819. The maximum atomic E-state index is 12.3. The van der Waals surface area contributed by atoms with Crippen LogP contribution in [0, 0.1) is 35.0 Å². The van der Waals surface area contributed by atoms with E-state index in [9.17, 15) is 14.7 Å². The number of amides is 1. The van der Waals surface area contributed by atoms with Gasteiger partial charge >= 0.3 is 5.97 Å². The average Bonchev–Trinajstić information content (AvgIpc) is 2.73. The van der Waals surface area contributed by atoms with E-state index in [0.717, 1.165) is 11.8 Å². The molecule has 0 saturated heterocycles. The number of carbonyl (C=O) groups excluding carboxylic acids is 1. The average molecular weight is 265 g/mol. The van der Waals surface area contributed by atoms with Crippen molar-refractivity contribution in [1.82, 2.24) is 5.32 Å². The molecule has 0 aromatic carbocycles. The third-order valence-corrected chi connectivity index (χ3v) is 5.44. The number of fused-ring (bicyclic) bond motifs is 5. The molecule has 3 aliphatic rings. The van der Waals surface area contributed by atoms with Crippen LogP contribution in [0.25, 0.3) is 0 Å². The van der Waals surface area contributed by atoms with Crippen LogP contribution in [0.3, 0.4) is 0 Å². The Labute approximate surface area is 113 Å². The number of carbonyl (C=O) groups is 2. The van der Waals surface area contributed by atoms with Crippen molar-refractivity contribution in [2.24, 2.45) is 35.0 Å². The lowest BCUT2D eigenvalue weighted by Crippen LogP contribution is -2.50. The molecule has 106 valence electrons. The number of carboxylic acid groups (broad SMARTS) is 1. The van der Waals surface area contributed by atoms with Gasteiger partial charge in [0.05, 0.1) is 0 Å². The summed E-state index contributed by atoms with van der Waals surface area (Å²) in [6, 6.07) is -0.793. The number of rotatable bonds is 3. The zero-order valence-electron chi connectivity index (χ0n) is 11.8. The van der Waals surface area contributed by atoms with Gasteiger partial charge in [-0.3, -0.25) is 4.79 Å². The first kappa shape index (κ1) is 12.9. The minimum atomic E-state index is -0.936. The molecule has 4 nitrogen and oxygen atoms in total. The SMILES string of the molecule is CC(C)(C)[C@@H](NC(=O)C1C2C3CCC(C3)C12)C(=O)O. The fourth-order valence-electron chi connectivity index (χ4n) is 4.56. The topological polar surface area (TPSA) is 66.4 Å². The van der Waals surface area contributed by atoms with Crippen molar-refractivity contribution in [3.8, 4) is 0 Å². The van der Waals surface area contributed by atoms with E-state index in [4.69, 9.17) is 0 Å². The van der Waals surface area contributed by atoms with E-state index >= 15 is 0 Å². The van der Waals surface area contributed by atoms with Crippen LogP contribution >= 0.6 is 0 Å². The summed E-state index contributed by atoms with van der Waals surface area (Å²) < 4.78 is 0. The van der Waals surface area contributed by atoms with Crippen molar-refractivity contribution in [3.05, 3.63) is 0 Å². The van der Waals surface area contributed by atoms with Gasteiger partial charge in [-0.1, -0.05) is 20.8 Å². The summed E-state index contributed by atoms with van der Waals surface area (Å²) in [6.07, 6.45) is 3.86. The molecule has 0 aromatic heterocycles. The zero-order valence-corrected chi connectivity index (χ0v) is 11.8. The minimum absolute atomic E-state index is 0.0195. The fraction of sp³-hybridized carbons (Fsp3) is 0.867. The predicted molar refractivity (Wildman–Crippen MR) is 70.3 cm³/mol. The highest BCUT2D eigenvalue weighted by Crippen LogP contribution is 2.69. The Morgan fingerprint density at radius 2 is 1.68 bits per heavy atom. The summed E-state index contributed by atoms with van der Waals surface area (Å²) in [4.78, 5) is 23.6. The number of nitrogens with one attached hydrogen (secondary N) is 1. The highest BCUT2D eigenvalue weighted by atomic mass is 16.4. The monoisotopic (exact) mass is 265 g/mol. The fourth-order valence-corrected chi connectivity index (χ4v) is 4.56. The highest BCUT2D eigenvalue weighted by molar-refractivity contribution is 5.87. The Hall–Kier alpha value is -1.06. The number of carboxylic acids is 1. The second kappa shape index (κ2) is 3.97. The maximum absolute atomic E-state index is 12.3. The van der Waals surface area contributed by atoms with Gasteiger partial charge in [0.25, 0.3) is 0 Å². The van der Waals surface area contributed by atoms with Crippen molar-refractivity contribution in [2.75, 3.05) is 0 Å². The maximum Gasteiger partial charge on any atom is 0.326 e.